The number of hydrogen-bond donors (Lipinski definition) is 1. The van der Waals surface area contributed by atoms with Gasteiger partial charge in [-0.15, -0.1) is 11.3 Å². The molecule has 1 N–H and O–H groups in total. The lowest BCUT2D eigenvalue weighted by Gasteiger charge is -2.04. The van der Waals surface area contributed by atoms with Gasteiger partial charge in [0.2, 0.25) is 0 Å². The number of fused-ring (bicyclic) bond motifs is 1. The minimum atomic E-state index is 0.185. The van der Waals surface area contributed by atoms with Crippen molar-refractivity contribution in [3.63, 3.8) is 0 Å². The lowest BCUT2D eigenvalue weighted by Crippen LogP contribution is -1.85. The van der Waals surface area contributed by atoms with Crippen LogP contribution >= 0.6 is 27.3 Å². The number of hydrogen-bond acceptors (Lipinski definition) is 3. The van der Waals surface area contributed by atoms with Crippen LogP contribution in [-0.2, 0) is 6.42 Å². The second-order valence-corrected chi connectivity index (χ2v) is 4.57. The smallest absolute Gasteiger partial charge is 0.121 e. The molecule has 70 valence electrons. The molecule has 0 spiro atoms. The van der Waals surface area contributed by atoms with Crippen LogP contribution in [0.1, 0.15) is 5.56 Å². The summed E-state index contributed by atoms with van der Waals surface area (Å²) in [5, 5.41) is 21.2. The number of halogens is 1. The van der Waals surface area contributed by atoms with E-state index < -0.39 is 0 Å². The van der Waals surface area contributed by atoms with E-state index in [4.69, 9.17) is 5.26 Å². The standard InChI is InChI=1S/C10H6BrNOS/c11-9-7(1-3-12)8(13)5-6-2-4-14-10(6)9/h2,4-5,13H,1H2. The largest absolute Gasteiger partial charge is 0.508 e. The first kappa shape index (κ1) is 9.50. The van der Waals surface area contributed by atoms with Gasteiger partial charge in [0.25, 0.3) is 0 Å². The van der Waals surface area contributed by atoms with Gasteiger partial charge in [0, 0.05) is 14.7 Å². The van der Waals surface area contributed by atoms with Crippen molar-refractivity contribution in [1.29, 1.82) is 5.26 Å². The topological polar surface area (TPSA) is 44.0 Å². The van der Waals surface area contributed by atoms with Gasteiger partial charge in [-0.2, -0.15) is 5.26 Å². The SMILES string of the molecule is N#CCc1c(O)cc2ccsc2c1Br. The molecule has 0 unspecified atom stereocenters. The van der Waals surface area contributed by atoms with Gasteiger partial charge in [-0.05, 0) is 38.8 Å². The van der Waals surface area contributed by atoms with Gasteiger partial charge in [-0.1, -0.05) is 0 Å². The maximum atomic E-state index is 9.66. The fourth-order valence-electron chi connectivity index (χ4n) is 1.34. The van der Waals surface area contributed by atoms with Crippen molar-refractivity contribution < 1.29 is 5.11 Å². The number of phenols is 1. The third-order valence-corrected chi connectivity index (χ3v) is 4.10. The Bertz CT molecular complexity index is 527. The van der Waals surface area contributed by atoms with E-state index in [9.17, 15) is 5.11 Å². The summed E-state index contributed by atoms with van der Waals surface area (Å²) >= 11 is 5.01. The summed E-state index contributed by atoms with van der Waals surface area (Å²) in [5.41, 5.74) is 0.669. The Morgan fingerprint density at radius 2 is 2.36 bits per heavy atom. The molecule has 0 amide bonds. The fraction of sp³-hybridized carbons (Fsp3) is 0.100. The minimum absolute atomic E-state index is 0.185. The van der Waals surface area contributed by atoms with E-state index in [0.717, 1.165) is 14.6 Å². The number of rotatable bonds is 1. The highest BCUT2D eigenvalue weighted by Gasteiger charge is 2.11. The molecule has 2 nitrogen and oxygen atoms in total. The van der Waals surface area contributed by atoms with Gasteiger partial charge in [-0.3, -0.25) is 0 Å². The van der Waals surface area contributed by atoms with Gasteiger partial charge in [0.15, 0.2) is 0 Å². The summed E-state index contributed by atoms with van der Waals surface area (Å²) in [6, 6.07) is 5.68. The minimum Gasteiger partial charge on any atom is -0.508 e. The van der Waals surface area contributed by atoms with Crippen molar-refractivity contribution in [1.82, 2.24) is 0 Å². The summed E-state index contributed by atoms with van der Waals surface area (Å²) in [4.78, 5) is 0. The molecule has 1 heterocycles. The first-order chi connectivity index (χ1) is 6.74. The van der Waals surface area contributed by atoms with E-state index in [1.54, 1.807) is 17.4 Å². The number of phenolic OH excluding ortho intramolecular Hbond substituents is 1. The Kier molecular flexibility index (Phi) is 2.44. The van der Waals surface area contributed by atoms with Gasteiger partial charge < -0.3 is 5.11 Å². The highest BCUT2D eigenvalue weighted by Crippen LogP contribution is 2.37. The van der Waals surface area contributed by atoms with Crippen LogP contribution in [0.3, 0.4) is 0 Å². The summed E-state index contributed by atoms with van der Waals surface area (Å²) in [5.74, 6) is 0.185. The van der Waals surface area contributed by atoms with Crippen molar-refractivity contribution in [3.8, 4) is 11.8 Å². The predicted molar refractivity (Wildman–Crippen MR) is 60.5 cm³/mol. The zero-order chi connectivity index (χ0) is 10.1. The summed E-state index contributed by atoms with van der Waals surface area (Å²) < 4.78 is 1.91. The molecule has 0 atom stereocenters. The lowest BCUT2D eigenvalue weighted by atomic mass is 10.1. The number of benzene rings is 1. The summed E-state index contributed by atoms with van der Waals surface area (Å²) in [6.45, 7) is 0. The van der Waals surface area contributed by atoms with Crippen molar-refractivity contribution in [3.05, 3.63) is 27.5 Å². The third kappa shape index (κ3) is 1.39. The van der Waals surface area contributed by atoms with Gasteiger partial charge >= 0.3 is 0 Å². The monoisotopic (exact) mass is 267 g/mol. The second kappa shape index (κ2) is 3.60. The van der Waals surface area contributed by atoms with Crippen LogP contribution in [-0.4, -0.2) is 5.11 Å². The van der Waals surface area contributed by atoms with Gasteiger partial charge in [0.05, 0.1) is 12.5 Å². The zero-order valence-electron chi connectivity index (χ0n) is 7.12. The van der Waals surface area contributed by atoms with Crippen LogP contribution in [0.4, 0.5) is 0 Å². The molecule has 1 aromatic carbocycles. The van der Waals surface area contributed by atoms with E-state index in [-0.39, 0.29) is 12.2 Å². The third-order valence-electron chi connectivity index (χ3n) is 2.02. The molecule has 0 saturated heterocycles. The molecular weight excluding hydrogens is 262 g/mol. The van der Waals surface area contributed by atoms with Crippen molar-refractivity contribution in [2.75, 3.05) is 0 Å². The molecule has 4 heteroatoms. The Labute approximate surface area is 93.5 Å². The van der Waals surface area contributed by atoms with E-state index >= 15 is 0 Å². The van der Waals surface area contributed by atoms with Crippen LogP contribution in [0, 0.1) is 11.3 Å². The highest BCUT2D eigenvalue weighted by molar-refractivity contribution is 9.10. The van der Waals surface area contributed by atoms with Crippen LogP contribution < -0.4 is 0 Å². The average Bonchev–Trinajstić information content (AvgIpc) is 2.60. The van der Waals surface area contributed by atoms with Crippen molar-refractivity contribution in [2.24, 2.45) is 0 Å². The van der Waals surface area contributed by atoms with Gasteiger partial charge in [0.1, 0.15) is 5.75 Å². The molecule has 0 aliphatic carbocycles. The van der Waals surface area contributed by atoms with Crippen molar-refractivity contribution >= 4 is 37.4 Å². The molecular formula is C10H6BrNOS. The van der Waals surface area contributed by atoms with Crippen LogP contribution in [0.15, 0.2) is 22.0 Å². The number of thiophene rings is 1. The van der Waals surface area contributed by atoms with E-state index in [1.165, 1.54) is 0 Å². The highest BCUT2D eigenvalue weighted by atomic mass is 79.9. The number of nitrogens with zero attached hydrogens (tertiary/aromatic N) is 1. The van der Waals surface area contributed by atoms with E-state index in [0.29, 0.717) is 5.56 Å². The fourth-order valence-corrected chi connectivity index (χ4v) is 3.04. The Balaban J connectivity index is 2.77. The van der Waals surface area contributed by atoms with E-state index in [2.05, 4.69) is 15.9 Å². The maximum absolute atomic E-state index is 9.66. The zero-order valence-corrected chi connectivity index (χ0v) is 9.52. The van der Waals surface area contributed by atoms with Crippen molar-refractivity contribution in [2.45, 2.75) is 6.42 Å². The number of nitriles is 1. The first-order valence-electron chi connectivity index (χ1n) is 3.98. The van der Waals surface area contributed by atoms with Gasteiger partial charge in [-0.25, -0.2) is 0 Å². The Morgan fingerprint density at radius 3 is 3.07 bits per heavy atom. The van der Waals surface area contributed by atoms with Crippen LogP contribution in [0.5, 0.6) is 5.75 Å². The molecule has 0 bridgehead atoms. The molecule has 0 saturated carbocycles. The van der Waals surface area contributed by atoms with Crippen LogP contribution in [0.2, 0.25) is 0 Å². The summed E-state index contributed by atoms with van der Waals surface area (Å²) in [7, 11) is 0. The normalized spacial score (nSPS) is 10.3. The molecule has 0 radical (unpaired) electrons. The number of aromatic hydroxyl groups is 1. The molecule has 0 aliphatic heterocycles. The van der Waals surface area contributed by atoms with Crippen LogP contribution in [0.25, 0.3) is 10.1 Å². The first-order valence-corrected chi connectivity index (χ1v) is 5.66. The summed E-state index contributed by atoms with van der Waals surface area (Å²) in [6.07, 6.45) is 0.222. The Hall–Kier alpha value is -1.05. The molecule has 0 aliphatic rings. The second-order valence-electron chi connectivity index (χ2n) is 2.86. The average molecular weight is 268 g/mol. The molecule has 14 heavy (non-hydrogen) atoms. The predicted octanol–water partition coefficient (Wildman–Crippen LogP) is 3.44. The maximum Gasteiger partial charge on any atom is 0.121 e. The van der Waals surface area contributed by atoms with E-state index in [1.807, 2.05) is 17.5 Å². The molecule has 1 aromatic heterocycles. The quantitative estimate of drug-likeness (QED) is 0.861. The molecule has 0 fully saturated rings. The molecule has 2 aromatic rings. The molecule has 2 rings (SSSR count). The Morgan fingerprint density at radius 1 is 1.57 bits per heavy atom. The lowest BCUT2D eigenvalue weighted by molar-refractivity contribution is 0.470.